The first-order chi connectivity index (χ1) is 12.9. The zero-order valence-electron chi connectivity index (χ0n) is 15.9. The van der Waals surface area contributed by atoms with E-state index >= 15 is 0 Å². The molecule has 7 heteroatoms. The van der Waals surface area contributed by atoms with Gasteiger partial charge in [0.15, 0.2) is 0 Å². The van der Waals surface area contributed by atoms with Crippen LogP contribution in [-0.4, -0.2) is 21.6 Å². The molecular weight excluding hydrogens is 364 g/mol. The Labute approximate surface area is 164 Å². The minimum Gasteiger partial charge on any atom is -0.326 e. The molecule has 2 rings (SSSR count). The van der Waals surface area contributed by atoms with Gasteiger partial charge in [-0.25, -0.2) is 0 Å². The van der Waals surface area contributed by atoms with Gasteiger partial charge in [0.1, 0.15) is 5.15 Å². The number of rotatable bonds is 8. The summed E-state index contributed by atoms with van der Waals surface area (Å²) in [6, 6.07) is 7.00. The second kappa shape index (κ2) is 9.92. The van der Waals surface area contributed by atoms with E-state index in [0.29, 0.717) is 22.9 Å². The lowest BCUT2D eigenvalue weighted by atomic mass is 10.2. The summed E-state index contributed by atoms with van der Waals surface area (Å²) < 4.78 is 1.76. The smallest absolute Gasteiger partial charge is 0.248 e. The van der Waals surface area contributed by atoms with Crippen LogP contribution in [0.25, 0.3) is 6.08 Å². The Hall–Kier alpha value is -2.60. The van der Waals surface area contributed by atoms with E-state index in [9.17, 15) is 9.59 Å². The molecule has 0 aliphatic rings. The van der Waals surface area contributed by atoms with Gasteiger partial charge in [-0.2, -0.15) is 5.10 Å². The molecule has 2 amide bonds. The molecule has 6 nitrogen and oxygen atoms in total. The Morgan fingerprint density at radius 1 is 1.22 bits per heavy atom. The highest BCUT2D eigenvalue weighted by Crippen LogP contribution is 2.22. The van der Waals surface area contributed by atoms with Crippen molar-refractivity contribution < 1.29 is 9.59 Å². The maximum Gasteiger partial charge on any atom is 0.248 e. The molecule has 2 aromatic rings. The van der Waals surface area contributed by atoms with Crippen LogP contribution in [0.4, 0.5) is 11.4 Å². The van der Waals surface area contributed by atoms with E-state index in [1.807, 2.05) is 6.92 Å². The molecule has 0 radical (unpaired) electrons. The van der Waals surface area contributed by atoms with Gasteiger partial charge in [0.05, 0.1) is 5.69 Å². The van der Waals surface area contributed by atoms with Crippen molar-refractivity contribution in [3.63, 3.8) is 0 Å². The molecule has 1 heterocycles. The molecule has 0 bridgehead atoms. The summed E-state index contributed by atoms with van der Waals surface area (Å²) in [4.78, 5) is 23.7. The number of aromatic nitrogens is 2. The molecule has 0 saturated heterocycles. The summed E-state index contributed by atoms with van der Waals surface area (Å²) in [7, 11) is 0. The third kappa shape index (κ3) is 5.96. The van der Waals surface area contributed by atoms with Crippen molar-refractivity contribution in [2.45, 2.75) is 46.6 Å². The minimum absolute atomic E-state index is 0.0800. The van der Waals surface area contributed by atoms with Crippen LogP contribution in [0.5, 0.6) is 0 Å². The standard InChI is InChI=1S/C20H25ClN4O2/c1-4-6-12-25-20(21)17(14(3)24-25)10-11-19(27)23-16-9-7-8-15(13-16)22-18(26)5-2/h7-11,13H,4-6,12H2,1-3H3,(H,22,26)(H,23,27)/b11-10+. The summed E-state index contributed by atoms with van der Waals surface area (Å²) in [5, 5.41) is 10.5. The van der Waals surface area contributed by atoms with Gasteiger partial charge in [0, 0.05) is 36.0 Å². The summed E-state index contributed by atoms with van der Waals surface area (Å²) in [6.07, 6.45) is 5.55. The van der Waals surface area contributed by atoms with Gasteiger partial charge in [-0.3, -0.25) is 14.3 Å². The highest BCUT2D eigenvalue weighted by molar-refractivity contribution is 6.31. The fourth-order valence-electron chi connectivity index (χ4n) is 2.48. The number of anilines is 2. The molecule has 1 aromatic heterocycles. The van der Waals surface area contributed by atoms with Gasteiger partial charge < -0.3 is 10.6 Å². The van der Waals surface area contributed by atoms with Gasteiger partial charge >= 0.3 is 0 Å². The quantitative estimate of drug-likeness (QED) is 0.646. The molecule has 2 N–H and O–H groups in total. The van der Waals surface area contributed by atoms with Crippen LogP contribution in [0, 0.1) is 6.92 Å². The predicted molar refractivity (Wildman–Crippen MR) is 110 cm³/mol. The molecule has 0 spiro atoms. The van der Waals surface area contributed by atoms with E-state index in [1.165, 1.54) is 6.08 Å². The van der Waals surface area contributed by atoms with Crippen molar-refractivity contribution in [3.05, 3.63) is 46.8 Å². The number of benzene rings is 1. The average molecular weight is 389 g/mol. The molecule has 0 aliphatic heterocycles. The van der Waals surface area contributed by atoms with Crippen molar-refractivity contribution in [2.24, 2.45) is 0 Å². The van der Waals surface area contributed by atoms with Crippen LogP contribution in [-0.2, 0) is 16.1 Å². The molecule has 0 atom stereocenters. The summed E-state index contributed by atoms with van der Waals surface area (Å²) in [5.74, 6) is -0.366. The second-order valence-corrected chi connectivity index (χ2v) is 6.53. The summed E-state index contributed by atoms with van der Waals surface area (Å²) in [5.41, 5.74) is 2.76. The minimum atomic E-state index is -0.286. The maximum absolute atomic E-state index is 12.2. The normalized spacial score (nSPS) is 11.0. The first-order valence-corrected chi connectivity index (χ1v) is 9.44. The van der Waals surface area contributed by atoms with Crippen molar-refractivity contribution >= 4 is 40.9 Å². The molecule has 144 valence electrons. The number of nitrogens with one attached hydrogen (secondary N) is 2. The SMILES string of the molecule is CCCCn1nc(C)c(/C=C/C(=O)Nc2cccc(NC(=O)CC)c2)c1Cl. The van der Waals surface area contributed by atoms with Gasteiger partial charge in [-0.15, -0.1) is 0 Å². The average Bonchev–Trinajstić information content (AvgIpc) is 2.91. The first-order valence-electron chi connectivity index (χ1n) is 9.06. The van der Waals surface area contributed by atoms with Crippen molar-refractivity contribution in [1.82, 2.24) is 9.78 Å². The van der Waals surface area contributed by atoms with E-state index < -0.39 is 0 Å². The molecule has 27 heavy (non-hydrogen) atoms. The zero-order valence-corrected chi connectivity index (χ0v) is 16.6. The number of unbranched alkanes of at least 4 members (excludes halogenated alkanes) is 1. The number of hydrogen-bond acceptors (Lipinski definition) is 3. The van der Waals surface area contributed by atoms with Gasteiger partial charge in [-0.1, -0.05) is 37.9 Å². The van der Waals surface area contributed by atoms with Gasteiger partial charge in [0.25, 0.3) is 0 Å². The van der Waals surface area contributed by atoms with E-state index in [-0.39, 0.29) is 11.8 Å². The molecule has 0 fully saturated rings. The maximum atomic E-state index is 12.2. The Morgan fingerprint density at radius 3 is 2.59 bits per heavy atom. The highest BCUT2D eigenvalue weighted by atomic mass is 35.5. The molecule has 0 saturated carbocycles. The van der Waals surface area contributed by atoms with E-state index in [0.717, 1.165) is 30.6 Å². The largest absolute Gasteiger partial charge is 0.326 e. The number of hydrogen-bond donors (Lipinski definition) is 2. The van der Waals surface area contributed by atoms with Crippen LogP contribution < -0.4 is 10.6 Å². The molecule has 1 aromatic carbocycles. The lowest BCUT2D eigenvalue weighted by molar-refractivity contribution is -0.116. The number of halogens is 1. The lowest BCUT2D eigenvalue weighted by Gasteiger charge is -2.07. The predicted octanol–water partition coefficient (Wildman–Crippen LogP) is 4.65. The Kier molecular flexibility index (Phi) is 7.61. The van der Waals surface area contributed by atoms with Crippen molar-refractivity contribution in [3.8, 4) is 0 Å². The second-order valence-electron chi connectivity index (χ2n) is 6.17. The highest BCUT2D eigenvalue weighted by Gasteiger charge is 2.11. The van der Waals surface area contributed by atoms with Gasteiger partial charge in [0.2, 0.25) is 11.8 Å². The number of carbonyl (C=O) groups is 2. The van der Waals surface area contributed by atoms with Gasteiger partial charge in [-0.05, 0) is 37.6 Å². The van der Waals surface area contributed by atoms with E-state index in [2.05, 4.69) is 22.7 Å². The zero-order chi connectivity index (χ0) is 19.8. The third-order valence-corrected chi connectivity index (χ3v) is 4.37. The van der Waals surface area contributed by atoms with Crippen LogP contribution >= 0.6 is 11.6 Å². The number of aryl methyl sites for hydroxylation is 2. The van der Waals surface area contributed by atoms with Crippen LogP contribution in [0.3, 0.4) is 0 Å². The monoisotopic (exact) mass is 388 g/mol. The van der Waals surface area contributed by atoms with Crippen LogP contribution in [0.2, 0.25) is 5.15 Å². The van der Waals surface area contributed by atoms with Crippen molar-refractivity contribution in [2.75, 3.05) is 10.6 Å². The fourth-order valence-corrected chi connectivity index (χ4v) is 2.80. The van der Waals surface area contributed by atoms with E-state index in [4.69, 9.17) is 11.6 Å². The number of carbonyl (C=O) groups excluding carboxylic acids is 2. The summed E-state index contributed by atoms with van der Waals surface area (Å²) in [6.45, 7) is 6.51. The molecule has 0 aliphatic carbocycles. The Balaban J connectivity index is 2.04. The van der Waals surface area contributed by atoms with Crippen molar-refractivity contribution in [1.29, 1.82) is 0 Å². The third-order valence-electron chi connectivity index (χ3n) is 3.97. The fraction of sp³-hybridized carbons (Fsp3) is 0.350. The Bertz CT molecular complexity index is 843. The van der Waals surface area contributed by atoms with Crippen LogP contribution in [0.1, 0.15) is 44.4 Å². The molecule has 0 unspecified atom stereocenters. The number of nitrogens with zero attached hydrogens (tertiary/aromatic N) is 2. The Morgan fingerprint density at radius 2 is 1.93 bits per heavy atom. The summed E-state index contributed by atoms with van der Waals surface area (Å²) >= 11 is 6.37. The molecular formula is C20H25ClN4O2. The number of amides is 2. The lowest BCUT2D eigenvalue weighted by Crippen LogP contribution is -2.11. The first kappa shape index (κ1) is 20.7. The topological polar surface area (TPSA) is 76.0 Å². The van der Waals surface area contributed by atoms with Crippen LogP contribution in [0.15, 0.2) is 30.3 Å². The van der Waals surface area contributed by atoms with E-state index in [1.54, 1.807) is 41.9 Å².